The van der Waals surface area contributed by atoms with Gasteiger partial charge in [0.2, 0.25) is 11.8 Å². The van der Waals surface area contributed by atoms with Gasteiger partial charge in [-0.15, -0.1) is 0 Å². The van der Waals surface area contributed by atoms with Gasteiger partial charge in [0.05, 0.1) is 23.7 Å². The Kier molecular flexibility index (Phi) is 5.68. The van der Waals surface area contributed by atoms with Crippen molar-refractivity contribution >= 4 is 28.3 Å². The van der Waals surface area contributed by atoms with Crippen LogP contribution in [0.5, 0.6) is 0 Å². The van der Waals surface area contributed by atoms with Gasteiger partial charge in [0, 0.05) is 0 Å². The zero-order valence-electron chi connectivity index (χ0n) is 17.2. The van der Waals surface area contributed by atoms with Gasteiger partial charge >= 0.3 is 7.12 Å². The van der Waals surface area contributed by atoms with E-state index in [9.17, 15) is 9.59 Å². The third-order valence-corrected chi connectivity index (χ3v) is 7.64. The summed E-state index contributed by atoms with van der Waals surface area (Å²) in [5.41, 5.74) is -0.00129. The van der Waals surface area contributed by atoms with Crippen LogP contribution < -0.4 is 15.7 Å². The second-order valence-electron chi connectivity index (χ2n) is 9.25. The Labute approximate surface area is 164 Å². The highest BCUT2D eigenvalue weighted by Gasteiger charge is 2.68. The lowest BCUT2D eigenvalue weighted by atomic mass is 9.43. The highest BCUT2D eigenvalue weighted by Crippen LogP contribution is 2.65. The van der Waals surface area contributed by atoms with E-state index >= 15 is 0 Å². The molecule has 3 saturated carbocycles. The van der Waals surface area contributed by atoms with E-state index in [1.807, 2.05) is 6.92 Å². The van der Waals surface area contributed by atoms with Crippen molar-refractivity contribution in [2.24, 2.45) is 17.3 Å². The van der Waals surface area contributed by atoms with E-state index in [-0.39, 0.29) is 40.9 Å². The molecule has 4 aliphatic rings. The number of carbonyl (C=O) groups is 2. The van der Waals surface area contributed by atoms with Crippen molar-refractivity contribution in [3.63, 3.8) is 0 Å². The maximum absolute atomic E-state index is 12.5. The standard InChI is InChI=1S/C18H33BN3O4P/c1-9(20-16(24)10(2)22-27)15(23)21-11(3)19-25-14-8-12-7-13(17(12,4)5)18(14,6)26-19/h9-14,22H,7-8,27H2,1-6H3,(H,20,24)(H,21,23)/t9?,10?,11-,12-,13-,14+,18-/m0/s1. The third-order valence-electron chi connectivity index (χ3n) is 7.14. The maximum Gasteiger partial charge on any atom is 0.481 e. The Balaban J connectivity index is 1.56. The van der Waals surface area contributed by atoms with Crippen molar-refractivity contribution in [1.29, 1.82) is 0 Å². The number of rotatable bonds is 6. The number of hydrogen-bond donors (Lipinski definition) is 3. The molecule has 1 aliphatic heterocycles. The molecule has 7 nitrogen and oxygen atoms in total. The first kappa shape index (κ1) is 21.0. The molecule has 8 atom stereocenters. The minimum Gasteiger partial charge on any atom is -0.404 e. The zero-order valence-corrected chi connectivity index (χ0v) is 18.3. The summed E-state index contributed by atoms with van der Waals surface area (Å²) in [6.07, 6.45) is 2.30. The zero-order chi connectivity index (χ0) is 20.1. The van der Waals surface area contributed by atoms with E-state index in [1.54, 1.807) is 13.8 Å². The summed E-state index contributed by atoms with van der Waals surface area (Å²) in [6.45, 7) is 12.1. The van der Waals surface area contributed by atoms with Crippen molar-refractivity contribution in [2.75, 3.05) is 0 Å². The summed E-state index contributed by atoms with van der Waals surface area (Å²) in [5, 5.41) is 8.41. The van der Waals surface area contributed by atoms with Gasteiger partial charge in [-0.2, -0.15) is 0 Å². The molecule has 0 aromatic carbocycles. The molecule has 4 fully saturated rings. The molecule has 3 N–H and O–H groups in total. The lowest BCUT2D eigenvalue weighted by molar-refractivity contribution is -0.199. The molecular formula is C18H33BN3O4P. The molecule has 4 rings (SSSR count). The molecular weight excluding hydrogens is 364 g/mol. The summed E-state index contributed by atoms with van der Waals surface area (Å²) in [6, 6.07) is -1.02. The average Bonchev–Trinajstić information content (AvgIpc) is 2.97. The van der Waals surface area contributed by atoms with E-state index < -0.39 is 13.2 Å². The van der Waals surface area contributed by atoms with Gasteiger partial charge in [0.25, 0.3) is 0 Å². The van der Waals surface area contributed by atoms with Gasteiger partial charge in [-0.3, -0.25) is 14.7 Å². The molecule has 0 spiro atoms. The van der Waals surface area contributed by atoms with Crippen LogP contribution in [-0.2, 0) is 18.9 Å². The van der Waals surface area contributed by atoms with Gasteiger partial charge in [-0.25, -0.2) is 0 Å². The molecule has 2 amide bonds. The van der Waals surface area contributed by atoms with Gasteiger partial charge in [-0.05, 0) is 57.8 Å². The topological polar surface area (TPSA) is 88.7 Å². The summed E-state index contributed by atoms with van der Waals surface area (Å²) in [5.74, 6) is 0.408. The largest absolute Gasteiger partial charge is 0.481 e. The van der Waals surface area contributed by atoms with Crippen LogP contribution in [-0.4, -0.2) is 48.7 Å². The molecule has 2 bridgehead atoms. The molecule has 1 saturated heterocycles. The quantitative estimate of drug-likeness (QED) is 0.460. The SMILES string of the molecule is CC(NP)C(=O)NC(C)C(=O)N[C@@H](C)B1O[C@@H]2C[C@@H]3C[C@@H](C3(C)C)[C@]2(C)O1. The molecule has 3 unspecified atom stereocenters. The van der Waals surface area contributed by atoms with Gasteiger partial charge in [-0.1, -0.05) is 23.2 Å². The molecule has 0 radical (unpaired) electrons. The first-order chi connectivity index (χ1) is 12.5. The molecule has 0 aromatic heterocycles. The second kappa shape index (κ2) is 7.29. The van der Waals surface area contributed by atoms with Crippen LogP contribution in [0.4, 0.5) is 0 Å². The summed E-state index contributed by atoms with van der Waals surface area (Å²) >= 11 is 0. The van der Waals surface area contributed by atoms with Crippen molar-refractivity contribution in [1.82, 2.24) is 15.7 Å². The molecule has 0 aromatic rings. The molecule has 3 aliphatic carbocycles. The molecule has 1 heterocycles. The van der Waals surface area contributed by atoms with E-state index in [1.165, 1.54) is 6.42 Å². The Bertz CT molecular complexity index is 621. The van der Waals surface area contributed by atoms with Gasteiger partial charge in [0.1, 0.15) is 6.04 Å². The molecule has 152 valence electrons. The number of amides is 2. The Morgan fingerprint density at radius 3 is 2.30 bits per heavy atom. The minimum atomic E-state index is -0.633. The first-order valence-electron chi connectivity index (χ1n) is 9.90. The van der Waals surface area contributed by atoms with Crippen LogP contribution in [0.3, 0.4) is 0 Å². The number of carbonyl (C=O) groups excluding carboxylic acids is 2. The van der Waals surface area contributed by atoms with Crippen molar-refractivity contribution in [2.45, 2.75) is 84.1 Å². The van der Waals surface area contributed by atoms with Gasteiger partial charge in [0.15, 0.2) is 0 Å². The third kappa shape index (κ3) is 3.54. The van der Waals surface area contributed by atoms with E-state index in [0.29, 0.717) is 11.8 Å². The Hall–Kier alpha value is -0.685. The highest BCUT2D eigenvalue weighted by molar-refractivity contribution is 7.13. The average molecular weight is 397 g/mol. The Morgan fingerprint density at radius 1 is 1.07 bits per heavy atom. The summed E-state index contributed by atoms with van der Waals surface area (Å²) in [4.78, 5) is 24.4. The van der Waals surface area contributed by atoms with Crippen molar-refractivity contribution in [3.8, 4) is 0 Å². The van der Waals surface area contributed by atoms with E-state index in [0.717, 1.165) is 6.42 Å². The van der Waals surface area contributed by atoms with Crippen LogP contribution >= 0.6 is 9.39 Å². The molecule has 27 heavy (non-hydrogen) atoms. The van der Waals surface area contributed by atoms with Crippen LogP contribution in [0.2, 0.25) is 0 Å². The number of nitrogens with one attached hydrogen (secondary N) is 3. The lowest BCUT2D eigenvalue weighted by Gasteiger charge is -2.64. The normalized spacial score (nSPS) is 36.9. The summed E-state index contributed by atoms with van der Waals surface area (Å²) < 4.78 is 12.6. The van der Waals surface area contributed by atoms with Crippen molar-refractivity contribution < 1.29 is 18.9 Å². The van der Waals surface area contributed by atoms with Gasteiger partial charge < -0.3 is 19.9 Å². The fourth-order valence-electron chi connectivity index (χ4n) is 5.01. The predicted octanol–water partition coefficient (Wildman–Crippen LogP) is 1.03. The lowest BCUT2D eigenvalue weighted by Crippen LogP contribution is -2.65. The number of hydrogen-bond acceptors (Lipinski definition) is 5. The Morgan fingerprint density at radius 2 is 1.70 bits per heavy atom. The van der Waals surface area contributed by atoms with Crippen LogP contribution in [0.15, 0.2) is 0 Å². The fraction of sp³-hybridized carbons (Fsp3) is 0.889. The highest BCUT2D eigenvalue weighted by atomic mass is 31.0. The van der Waals surface area contributed by atoms with E-state index in [4.69, 9.17) is 9.31 Å². The van der Waals surface area contributed by atoms with Crippen LogP contribution in [0, 0.1) is 17.3 Å². The minimum absolute atomic E-state index is 0.0877. The smallest absolute Gasteiger partial charge is 0.404 e. The first-order valence-corrected chi connectivity index (χ1v) is 10.5. The monoisotopic (exact) mass is 397 g/mol. The molecule has 9 heteroatoms. The summed E-state index contributed by atoms with van der Waals surface area (Å²) in [7, 11) is 1.83. The van der Waals surface area contributed by atoms with Crippen LogP contribution in [0.25, 0.3) is 0 Å². The maximum atomic E-state index is 12.5. The van der Waals surface area contributed by atoms with Crippen LogP contribution in [0.1, 0.15) is 54.4 Å². The predicted molar refractivity (Wildman–Crippen MR) is 108 cm³/mol. The fourth-order valence-corrected chi connectivity index (χ4v) is 5.16. The second-order valence-corrected chi connectivity index (χ2v) is 9.59. The van der Waals surface area contributed by atoms with E-state index in [2.05, 4.69) is 45.9 Å². The van der Waals surface area contributed by atoms with Crippen molar-refractivity contribution in [3.05, 3.63) is 0 Å².